The van der Waals surface area contributed by atoms with Crippen molar-refractivity contribution in [1.82, 2.24) is 0 Å². The molecule has 2 aliphatic rings. The fourth-order valence-corrected chi connectivity index (χ4v) is 2.15. The Morgan fingerprint density at radius 3 is 3.00 bits per heavy atom. The van der Waals surface area contributed by atoms with Crippen LogP contribution in [0.3, 0.4) is 0 Å². The standard InChI is InChI=1S/C9H16O3/c1-10-9-5-3-2-4-8(9)11-6-7-12-9/h8H,2-7H2,1H3. The van der Waals surface area contributed by atoms with Crippen LogP contribution >= 0.6 is 0 Å². The Balaban J connectivity index is 2.10. The van der Waals surface area contributed by atoms with Crippen molar-refractivity contribution < 1.29 is 14.2 Å². The topological polar surface area (TPSA) is 27.7 Å². The van der Waals surface area contributed by atoms with Crippen molar-refractivity contribution in [2.45, 2.75) is 37.6 Å². The molecule has 1 aliphatic carbocycles. The van der Waals surface area contributed by atoms with Crippen molar-refractivity contribution in [1.29, 1.82) is 0 Å². The molecule has 2 atom stereocenters. The average molecular weight is 172 g/mol. The summed E-state index contributed by atoms with van der Waals surface area (Å²) in [5.41, 5.74) is 0. The Kier molecular flexibility index (Phi) is 2.35. The number of rotatable bonds is 1. The van der Waals surface area contributed by atoms with E-state index in [1.807, 2.05) is 0 Å². The maximum atomic E-state index is 5.67. The first-order chi connectivity index (χ1) is 5.87. The average Bonchev–Trinajstić information content (AvgIpc) is 2.18. The van der Waals surface area contributed by atoms with Crippen molar-refractivity contribution >= 4 is 0 Å². The van der Waals surface area contributed by atoms with Crippen LogP contribution in [0.25, 0.3) is 0 Å². The molecule has 3 nitrogen and oxygen atoms in total. The Hall–Kier alpha value is -0.120. The molecule has 1 aliphatic heterocycles. The van der Waals surface area contributed by atoms with Crippen molar-refractivity contribution in [3.8, 4) is 0 Å². The van der Waals surface area contributed by atoms with Gasteiger partial charge in [0.05, 0.1) is 13.2 Å². The van der Waals surface area contributed by atoms with Crippen molar-refractivity contribution in [2.24, 2.45) is 0 Å². The number of hydrogen-bond donors (Lipinski definition) is 0. The molecule has 0 N–H and O–H groups in total. The third kappa shape index (κ3) is 1.26. The van der Waals surface area contributed by atoms with Gasteiger partial charge < -0.3 is 14.2 Å². The van der Waals surface area contributed by atoms with E-state index in [2.05, 4.69) is 0 Å². The molecule has 2 fully saturated rings. The normalized spacial score (nSPS) is 42.2. The quantitative estimate of drug-likeness (QED) is 0.597. The number of ether oxygens (including phenoxy) is 3. The molecule has 0 bridgehead atoms. The monoisotopic (exact) mass is 172 g/mol. The first-order valence-electron chi connectivity index (χ1n) is 4.68. The SMILES string of the molecule is COC12CCCCC1OCCO2. The molecule has 1 heterocycles. The summed E-state index contributed by atoms with van der Waals surface area (Å²) in [7, 11) is 1.72. The summed E-state index contributed by atoms with van der Waals surface area (Å²) in [6, 6.07) is 0. The van der Waals surface area contributed by atoms with Gasteiger partial charge in [0.15, 0.2) is 5.79 Å². The highest BCUT2D eigenvalue weighted by Gasteiger charge is 2.45. The zero-order valence-corrected chi connectivity index (χ0v) is 7.54. The summed E-state index contributed by atoms with van der Waals surface area (Å²) in [6.45, 7) is 1.39. The molecule has 0 radical (unpaired) electrons. The summed E-state index contributed by atoms with van der Waals surface area (Å²) in [5.74, 6) is -0.406. The molecule has 70 valence electrons. The Morgan fingerprint density at radius 2 is 2.25 bits per heavy atom. The summed E-state index contributed by atoms with van der Waals surface area (Å²) >= 11 is 0. The second-order valence-electron chi connectivity index (χ2n) is 3.47. The van der Waals surface area contributed by atoms with E-state index in [0.29, 0.717) is 6.61 Å². The van der Waals surface area contributed by atoms with Crippen LogP contribution in [0.4, 0.5) is 0 Å². The molecule has 0 amide bonds. The van der Waals surface area contributed by atoms with Gasteiger partial charge in [-0.2, -0.15) is 0 Å². The summed E-state index contributed by atoms with van der Waals surface area (Å²) in [5, 5.41) is 0. The zero-order valence-electron chi connectivity index (χ0n) is 7.54. The van der Waals surface area contributed by atoms with E-state index in [0.717, 1.165) is 19.4 Å². The van der Waals surface area contributed by atoms with Crippen LogP contribution in [0.1, 0.15) is 25.7 Å². The molecule has 12 heavy (non-hydrogen) atoms. The first kappa shape index (κ1) is 8.48. The number of hydrogen-bond acceptors (Lipinski definition) is 3. The van der Waals surface area contributed by atoms with E-state index in [1.54, 1.807) is 7.11 Å². The van der Waals surface area contributed by atoms with E-state index < -0.39 is 5.79 Å². The maximum Gasteiger partial charge on any atom is 0.194 e. The Morgan fingerprint density at radius 1 is 1.33 bits per heavy atom. The van der Waals surface area contributed by atoms with Gasteiger partial charge in [0.2, 0.25) is 0 Å². The maximum absolute atomic E-state index is 5.67. The lowest BCUT2D eigenvalue weighted by molar-refractivity contribution is -0.327. The fraction of sp³-hybridized carbons (Fsp3) is 1.00. The second kappa shape index (κ2) is 3.32. The molecule has 3 heteroatoms. The summed E-state index contributed by atoms with van der Waals surface area (Å²) in [4.78, 5) is 0. The molecule has 0 aromatic carbocycles. The van der Waals surface area contributed by atoms with Crippen molar-refractivity contribution in [2.75, 3.05) is 20.3 Å². The fourth-order valence-electron chi connectivity index (χ4n) is 2.15. The molecular formula is C9H16O3. The first-order valence-corrected chi connectivity index (χ1v) is 4.68. The highest BCUT2D eigenvalue weighted by molar-refractivity contribution is 4.87. The van der Waals surface area contributed by atoms with Gasteiger partial charge in [-0.15, -0.1) is 0 Å². The van der Waals surface area contributed by atoms with E-state index in [1.165, 1.54) is 12.8 Å². The zero-order chi connectivity index (χ0) is 8.44. The van der Waals surface area contributed by atoms with Crippen LogP contribution in [0.2, 0.25) is 0 Å². The lowest BCUT2D eigenvalue weighted by Crippen LogP contribution is -2.54. The van der Waals surface area contributed by atoms with Crippen molar-refractivity contribution in [3.63, 3.8) is 0 Å². The molecule has 0 spiro atoms. The smallest absolute Gasteiger partial charge is 0.194 e. The van der Waals surface area contributed by atoms with Gasteiger partial charge in [0.1, 0.15) is 6.10 Å². The third-order valence-corrected chi connectivity index (χ3v) is 2.83. The molecule has 2 unspecified atom stereocenters. The van der Waals surface area contributed by atoms with Gasteiger partial charge in [-0.05, 0) is 12.8 Å². The molecule has 0 aromatic heterocycles. The summed E-state index contributed by atoms with van der Waals surface area (Å²) < 4.78 is 16.7. The lowest BCUT2D eigenvalue weighted by Gasteiger charge is -2.45. The van der Waals surface area contributed by atoms with Crippen LogP contribution in [0.5, 0.6) is 0 Å². The van der Waals surface area contributed by atoms with E-state index in [-0.39, 0.29) is 6.10 Å². The van der Waals surface area contributed by atoms with Gasteiger partial charge in [-0.3, -0.25) is 0 Å². The van der Waals surface area contributed by atoms with Crippen LogP contribution in [0.15, 0.2) is 0 Å². The Labute approximate surface area is 73.0 Å². The molecule has 1 saturated heterocycles. The van der Waals surface area contributed by atoms with Crippen molar-refractivity contribution in [3.05, 3.63) is 0 Å². The van der Waals surface area contributed by atoms with Crippen LogP contribution in [-0.4, -0.2) is 32.2 Å². The lowest BCUT2D eigenvalue weighted by atomic mass is 9.90. The van der Waals surface area contributed by atoms with Crippen LogP contribution in [0, 0.1) is 0 Å². The minimum Gasteiger partial charge on any atom is -0.370 e. The highest BCUT2D eigenvalue weighted by Crippen LogP contribution is 2.36. The Bertz CT molecular complexity index is 146. The molecule has 0 aromatic rings. The minimum atomic E-state index is -0.406. The number of fused-ring (bicyclic) bond motifs is 1. The number of methoxy groups -OCH3 is 1. The second-order valence-corrected chi connectivity index (χ2v) is 3.47. The molecule has 1 saturated carbocycles. The minimum absolute atomic E-state index is 0.171. The largest absolute Gasteiger partial charge is 0.370 e. The van der Waals surface area contributed by atoms with Gasteiger partial charge in [-0.1, -0.05) is 6.42 Å². The van der Waals surface area contributed by atoms with Gasteiger partial charge in [0.25, 0.3) is 0 Å². The van der Waals surface area contributed by atoms with Gasteiger partial charge in [-0.25, -0.2) is 0 Å². The highest BCUT2D eigenvalue weighted by atomic mass is 16.7. The third-order valence-electron chi connectivity index (χ3n) is 2.83. The predicted molar refractivity (Wildman–Crippen MR) is 43.9 cm³/mol. The summed E-state index contributed by atoms with van der Waals surface area (Å²) in [6.07, 6.45) is 4.65. The van der Waals surface area contributed by atoms with E-state index in [9.17, 15) is 0 Å². The van der Waals surface area contributed by atoms with Crippen LogP contribution < -0.4 is 0 Å². The molecule has 2 rings (SSSR count). The van der Waals surface area contributed by atoms with Gasteiger partial charge in [0, 0.05) is 13.5 Å². The van der Waals surface area contributed by atoms with Gasteiger partial charge >= 0.3 is 0 Å². The molecular weight excluding hydrogens is 156 g/mol. The van der Waals surface area contributed by atoms with Crippen LogP contribution in [-0.2, 0) is 14.2 Å². The van der Waals surface area contributed by atoms with E-state index >= 15 is 0 Å². The van der Waals surface area contributed by atoms with E-state index in [4.69, 9.17) is 14.2 Å². The predicted octanol–water partition coefficient (Wildman–Crippen LogP) is 1.32.